The summed E-state index contributed by atoms with van der Waals surface area (Å²) in [5, 5.41) is 17.2. The van der Waals surface area contributed by atoms with Crippen LogP contribution in [0.15, 0.2) is 53.5 Å². The van der Waals surface area contributed by atoms with Gasteiger partial charge in [0, 0.05) is 11.6 Å². The number of thioether (sulfide) groups is 1. The molecule has 154 valence electrons. The van der Waals surface area contributed by atoms with Gasteiger partial charge in [0.1, 0.15) is 6.54 Å². The highest BCUT2D eigenvalue weighted by Crippen LogP contribution is 2.18. The Hall–Kier alpha value is -3.20. The molecule has 0 radical (unpaired) electrons. The zero-order valence-corrected chi connectivity index (χ0v) is 17.6. The highest BCUT2D eigenvalue weighted by atomic mass is 32.2. The minimum atomic E-state index is -0.320. The SMILES string of the molecule is CSCCC(NC(=O)Cn1nc(C)c2ccccc2c1=O)c1nnc2ccccn12. The first-order valence-electron chi connectivity index (χ1n) is 9.63. The standard InChI is InChI=1S/C21H22N6O2S/c1-14-15-7-3-4-8-16(15)21(29)27(25-14)13-19(28)22-17(10-12-30-2)20-24-23-18-9-5-6-11-26(18)20/h3-9,11,17H,10,12-13H2,1-2H3,(H,22,28). The first kappa shape index (κ1) is 20.1. The van der Waals surface area contributed by atoms with Gasteiger partial charge in [0.2, 0.25) is 5.91 Å². The minimum absolute atomic E-state index is 0.156. The maximum Gasteiger partial charge on any atom is 0.275 e. The summed E-state index contributed by atoms with van der Waals surface area (Å²) >= 11 is 1.69. The number of aryl methyl sites for hydroxylation is 1. The molecule has 0 spiro atoms. The number of pyridine rings is 1. The van der Waals surface area contributed by atoms with Crippen LogP contribution >= 0.6 is 11.8 Å². The van der Waals surface area contributed by atoms with Gasteiger partial charge in [0.15, 0.2) is 11.5 Å². The lowest BCUT2D eigenvalue weighted by molar-refractivity contribution is -0.122. The Kier molecular flexibility index (Phi) is 5.80. The van der Waals surface area contributed by atoms with Gasteiger partial charge in [-0.15, -0.1) is 10.2 Å². The van der Waals surface area contributed by atoms with Gasteiger partial charge in [0.05, 0.1) is 17.1 Å². The fraction of sp³-hybridized carbons (Fsp3) is 0.286. The molecule has 0 aliphatic heterocycles. The zero-order valence-electron chi connectivity index (χ0n) is 16.8. The van der Waals surface area contributed by atoms with Crippen LogP contribution in [0.3, 0.4) is 0 Å². The smallest absolute Gasteiger partial charge is 0.275 e. The number of carbonyl (C=O) groups is 1. The number of nitrogens with zero attached hydrogens (tertiary/aromatic N) is 5. The molecular weight excluding hydrogens is 400 g/mol. The van der Waals surface area contributed by atoms with Crippen LogP contribution in [0, 0.1) is 6.92 Å². The summed E-state index contributed by atoms with van der Waals surface area (Å²) in [6, 6.07) is 12.6. The van der Waals surface area contributed by atoms with E-state index in [2.05, 4.69) is 20.6 Å². The molecule has 4 rings (SSSR count). The third-order valence-electron chi connectivity index (χ3n) is 4.94. The van der Waals surface area contributed by atoms with Crippen molar-refractivity contribution in [2.24, 2.45) is 0 Å². The predicted octanol–water partition coefficient (Wildman–Crippen LogP) is 2.36. The van der Waals surface area contributed by atoms with E-state index in [1.165, 1.54) is 4.68 Å². The van der Waals surface area contributed by atoms with Crippen molar-refractivity contribution < 1.29 is 4.79 Å². The highest BCUT2D eigenvalue weighted by molar-refractivity contribution is 7.98. The van der Waals surface area contributed by atoms with Crippen LogP contribution in [0.2, 0.25) is 0 Å². The number of fused-ring (bicyclic) bond motifs is 2. The van der Waals surface area contributed by atoms with Crippen LogP contribution in [-0.4, -0.2) is 42.3 Å². The number of benzene rings is 1. The zero-order chi connectivity index (χ0) is 21.1. The molecule has 1 aromatic carbocycles. The lowest BCUT2D eigenvalue weighted by atomic mass is 10.1. The molecule has 1 N–H and O–H groups in total. The van der Waals surface area contributed by atoms with Gasteiger partial charge < -0.3 is 5.32 Å². The van der Waals surface area contributed by atoms with Crippen molar-refractivity contribution in [1.29, 1.82) is 0 Å². The second kappa shape index (κ2) is 8.66. The molecule has 9 heteroatoms. The summed E-state index contributed by atoms with van der Waals surface area (Å²) in [6.45, 7) is 1.68. The minimum Gasteiger partial charge on any atom is -0.344 e. The van der Waals surface area contributed by atoms with Crippen LogP contribution in [0.4, 0.5) is 0 Å². The van der Waals surface area contributed by atoms with Crippen LogP contribution in [0.25, 0.3) is 16.4 Å². The molecule has 0 aliphatic rings. The molecule has 0 fully saturated rings. The number of nitrogens with one attached hydrogen (secondary N) is 1. The maximum atomic E-state index is 12.8. The third kappa shape index (κ3) is 3.93. The van der Waals surface area contributed by atoms with Crippen molar-refractivity contribution in [3.63, 3.8) is 0 Å². The van der Waals surface area contributed by atoms with Crippen molar-refractivity contribution in [2.75, 3.05) is 12.0 Å². The Morgan fingerprint density at radius 1 is 1.13 bits per heavy atom. The number of aromatic nitrogens is 5. The fourth-order valence-corrected chi connectivity index (χ4v) is 3.96. The number of hydrogen-bond acceptors (Lipinski definition) is 6. The molecule has 1 atom stereocenters. The van der Waals surface area contributed by atoms with E-state index in [0.717, 1.165) is 16.8 Å². The summed E-state index contributed by atoms with van der Waals surface area (Å²) in [6.07, 6.45) is 4.59. The van der Waals surface area contributed by atoms with Gasteiger partial charge in [0.25, 0.3) is 5.56 Å². The van der Waals surface area contributed by atoms with Gasteiger partial charge in [-0.2, -0.15) is 16.9 Å². The van der Waals surface area contributed by atoms with E-state index in [0.29, 0.717) is 23.3 Å². The Balaban J connectivity index is 1.60. The average molecular weight is 423 g/mol. The van der Waals surface area contributed by atoms with Gasteiger partial charge in [-0.3, -0.25) is 14.0 Å². The molecule has 30 heavy (non-hydrogen) atoms. The summed E-state index contributed by atoms with van der Waals surface area (Å²) in [5.74, 6) is 1.22. The van der Waals surface area contributed by atoms with Crippen LogP contribution in [0.1, 0.15) is 24.0 Å². The Morgan fingerprint density at radius 3 is 2.70 bits per heavy atom. The maximum absolute atomic E-state index is 12.8. The number of amides is 1. The molecule has 0 saturated carbocycles. The monoisotopic (exact) mass is 422 g/mol. The third-order valence-corrected chi connectivity index (χ3v) is 5.59. The Morgan fingerprint density at radius 2 is 1.90 bits per heavy atom. The van der Waals surface area contributed by atoms with Crippen LogP contribution in [0.5, 0.6) is 0 Å². The van der Waals surface area contributed by atoms with E-state index in [4.69, 9.17) is 0 Å². The summed E-state index contributed by atoms with van der Waals surface area (Å²) in [4.78, 5) is 25.6. The fourth-order valence-electron chi connectivity index (χ4n) is 3.49. The van der Waals surface area contributed by atoms with Crippen molar-refractivity contribution in [3.05, 3.63) is 70.5 Å². The molecule has 3 heterocycles. The lowest BCUT2D eigenvalue weighted by Gasteiger charge is -2.17. The molecular formula is C21H22N6O2S. The first-order chi connectivity index (χ1) is 14.6. The van der Waals surface area contributed by atoms with Gasteiger partial charge in [-0.1, -0.05) is 24.3 Å². The van der Waals surface area contributed by atoms with E-state index in [1.54, 1.807) is 17.8 Å². The summed E-state index contributed by atoms with van der Waals surface area (Å²) in [7, 11) is 0. The van der Waals surface area contributed by atoms with E-state index < -0.39 is 0 Å². The highest BCUT2D eigenvalue weighted by Gasteiger charge is 2.21. The van der Waals surface area contributed by atoms with E-state index in [-0.39, 0.29) is 24.1 Å². The molecule has 3 aromatic heterocycles. The summed E-state index contributed by atoms with van der Waals surface area (Å²) in [5.41, 5.74) is 1.15. The topological polar surface area (TPSA) is 94.2 Å². The lowest BCUT2D eigenvalue weighted by Crippen LogP contribution is -2.37. The van der Waals surface area contributed by atoms with Crippen LogP contribution < -0.4 is 10.9 Å². The van der Waals surface area contributed by atoms with E-state index in [9.17, 15) is 9.59 Å². The van der Waals surface area contributed by atoms with E-state index in [1.807, 2.05) is 60.2 Å². The second-order valence-electron chi connectivity index (χ2n) is 6.98. The molecule has 8 nitrogen and oxygen atoms in total. The average Bonchev–Trinajstić information content (AvgIpc) is 3.19. The van der Waals surface area contributed by atoms with Crippen molar-refractivity contribution in [3.8, 4) is 0 Å². The largest absolute Gasteiger partial charge is 0.344 e. The van der Waals surface area contributed by atoms with Crippen LogP contribution in [-0.2, 0) is 11.3 Å². The van der Waals surface area contributed by atoms with E-state index >= 15 is 0 Å². The molecule has 4 aromatic rings. The van der Waals surface area contributed by atoms with Gasteiger partial charge in [-0.25, -0.2) is 4.68 Å². The first-order valence-corrected chi connectivity index (χ1v) is 11.0. The molecule has 1 unspecified atom stereocenters. The summed E-state index contributed by atoms with van der Waals surface area (Å²) < 4.78 is 3.09. The molecule has 1 amide bonds. The van der Waals surface area contributed by atoms with Gasteiger partial charge in [-0.05, 0) is 43.6 Å². The molecule has 0 saturated heterocycles. The van der Waals surface area contributed by atoms with Gasteiger partial charge >= 0.3 is 0 Å². The number of rotatable bonds is 7. The van der Waals surface area contributed by atoms with Crippen molar-refractivity contribution in [1.82, 2.24) is 29.7 Å². The Bertz CT molecular complexity index is 1270. The normalized spacial score (nSPS) is 12.3. The van der Waals surface area contributed by atoms with Crippen molar-refractivity contribution >= 4 is 34.1 Å². The number of hydrogen-bond donors (Lipinski definition) is 1. The predicted molar refractivity (Wildman–Crippen MR) is 118 cm³/mol. The van der Waals surface area contributed by atoms with Crippen molar-refractivity contribution in [2.45, 2.75) is 25.9 Å². The quantitative estimate of drug-likeness (QED) is 0.491. The molecule has 0 aliphatic carbocycles. The molecule has 0 bridgehead atoms. The number of carbonyl (C=O) groups excluding carboxylic acids is 1. The Labute approximate surface area is 177 Å². The second-order valence-corrected chi connectivity index (χ2v) is 7.97.